The normalized spacial score (nSPS) is 10.7. The van der Waals surface area contributed by atoms with Gasteiger partial charge in [0, 0.05) is 5.69 Å². The second kappa shape index (κ2) is 11.4. The molecule has 0 aliphatic rings. The average molecular weight is 405 g/mol. The van der Waals surface area contributed by atoms with Crippen molar-refractivity contribution in [3.63, 3.8) is 0 Å². The highest BCUT2D eigenvalue weighted by atomic mass is 35.5. The predicted octanol–water partition coefficient (Wildman–Crippen LogP) is -0.798. The number of rotatable bonds is 8. The Labute approximate surface area is 166 Å². The van der Waals surface area contributed by atoms with Crippen LogP contribution in [0.15, 0.2) is 18.2 Å². The summed E-state index contributed by atoms with van der Waals surface area (Å²) in [6.45, 7) is 3.60. The number of thiocarbonyl (C=S) groups is 2. The molecule has 0 saturated heterocycles. The van der Waals surface area contributed by atoms with Crippen LogP contribution in [0.5, 0.6) is 0 Å². The smallest absolute Gasteiger partial charge is 0.171 e. The Balaban J connectivity index is 2.48. The van der Waals surface area contributed by atoms with Crippen molar-refractivity contribution in [1.82, 2.24) is 10.6 Å². The Hall–Kier alpha value is -1.19. The van der Waals surface area contributed by atoms with Crippen molar-refractivity contribution in [3.8, 4) is 0 Å². The van der Waals surface area contributed by atoms with Crippen LogP contribution >= 0.6 is 36.0 Å². The van der Waals surface area contributed by atoms with Crippen LogP contribution in [-0.2, 0) is 0 Å². The third-order valence-electron chi connectivity index (χ3n) is 3.30. The van der Waals surface area contributed by atoms with Crippen molar-refractivity contribution in [2.45, 2.75) is 0 Å². The minimum atomic E-state index is 0.562. The molecule has 0 unspecified atom stereocenters. The average Bonchev–Trinajstić information content (AvgIpc) is 2.49. The molecule has 6 nitrogen and oxygen atoms in total. The fraction of sp³-hybridized carbons (Fsp3) is 0.500. The minimum Gasteiger partial charge on any atom is -0.357 e. The number of quaternary nitrogens is 2. The Bertz CT molecular complexity index is 580. The molecule has 1 aromatic carbocycles. The summed E-state index contributed by atoms with van der Waals surface area (Å²) in [5.41, 5.74) is 1.59. The fourth-order valence-corrected chi connectivity index (χ4v) is 2.55. The summed E-state index contributed by atoms with van der Waals surface area (Å²) < 4.78 is 0. The molecule has 0 bridgehead atoms. The van der Waals surface area contributed by atoms with E-state index in [9.17, 15) is 0 Å². The van der Waals surface area contributed by atoms with Crippen molar-refractivity contribution in [1.29, 1.82) is 0 Å². The maximum Gasteiger partial charge on any atom is 0.171 e. The molecule has 140 valence electrons. The van der Waals surface area contributed by atoms with Crippen LogP contribution in [0.25, 0.3) is 0 Å². The van der Waals surface area contributed by atoms with E-state index in [2.05, 4.69) is 49.5 Å². The number of likely N-dealkylation sites (N-methyl/N-ethyl adjacent to an activating group) is 2. The third-order valence-corrected chi connectivity index (χ3v) is 4.10. The first-order valence-corrected chi connectivity index (χ1v) is 9.44. The summed E-state index contributed by atoms with van der Waals surface area (Å²) in [6, 6.07) is 5.61. The number of benzene rings is 1. The van der Waals surface area contributed by atoms with Gasteiger partial charge < -0.3 is 31.1 Å². The van der Waals surface area contributed by atoms with E-state index in [-0.39, 0.29) is 0 Å². The maximum absolute atomic E-state index is 6.33. The monoisotopic (exact) mass is 404 g/mol. The van der Waals surface area contributed by atoms with Gasteiger partial charge in [0.15, 0.2) is 10.2 Å². The largest absolute Gasteiger partial charge is 0.357 e. The SMILES string of the molecule is C[NH+](C)CCNC(=S)Nc1ccc(NC(=S)NCC[NH+](C)C)c(Cl)c1. The molecule has 1 rings (SSSR count). The van der Waals surface area contributed by atoms with Gasteiger partial charge in [0.2, 0.25) is 0 Å². The van der Waals surface area contributed by atoms with Gasteiger partial charge in [-0.05, 0) is 42.6 Å². The van der Waals surface area contributed by atoms with Gasteiger partial charge in [-0.2, -0.15) is 0 Å². The molecule has 0 heterocycles. The number of anilines is 2. The van der Waals surface area contributed by atoms with E-state index in [0.29, 0.717) is 15.2 Å². The summed E-state index contributed by atoms with van der Waals surface area (Å²) >= 11 is 16.9. The van der Waals surface area contributed by atoms with E-state index in [1.54, 1.807) is 0 Å². The molecular formula is C16H29ClN6S2+2. The molecule has 0 saturated carbocycles. The molecule has 0 aliphatic carbocycles. The lowest BCUT2D eigenvalue weighted by atomic mass is 10.3. The Kier molecular flexibility index (Phi) is 9.99. The Morgan fingerprint density at radius 2 is 1.44 bits per heavy atom. The summed E-state index contributed by atoms with van der Waals surface area (Å²) in [5, 5.41) is 14.3. The summed E-state index contributed by atoms with van der Waals surface area (Å²) in [7, 11) is 8.40. The van der Waals surface area contributed by atoms with Crippen LogP contribution in [0.1, 0.15) is 0 Å². The summed E-state index contributed by atoms with van der Waals surface area (Å²) in [4.78, 5) is 2.73. The van der Waals surface area contributed by atoms with Crippen molar-refractivity contribution in [3.05, 3.63) is 23.2 Å². The number of hydrogen-bond donors (Lipinski definition) is 6. The zero-order chi connectivity index (χ0) is 18.8. The highest BCUT2D eigenvalue weighted by Gasteiger charge is 2.06. The molecule has 9 heteroatoms. The van der Waals surface area contributed by atoms with Gasteiger partial charge in [-0.25, -0.2) is 0 Å². The molecule has 0 aromatic heterocycles. The molecule has 0 aliphatic heterocycles. The van der Waals surface area contributed by atoms with E-state index in [1.807, 2.05) is 18.2 Å². The third kappa shape index (κ3) is 9.76. The fourth-order valence-electron chi connectivity index (χ4n) is 1.89. The van der Waals surface area contributed by atoms with Crippen LogP contribution in [0.3, 0.4) is 0 Å². The number of nitrogens with one attached hydrogen (secondary N) is 6. The quantitative estimate of drug-likeness (QED) is 0.319. The molecule has 1 aromatic rings. The van der Waals surface area contributed by atoms with Crippen molar-refractivity contribution in [2.75, 3.05) is 65.0 Å². The lowest BCUT2D eigenvalue weighted by Gasteiger charge is -2.15. The molecule has 0 spiro atoms. The molecule has 0 atom stereocenters. The van der Waals surface area contributed by atoms with Crippen LogP contribution in [-0.4, -0.2) is 64.6 Å². The van der Waals surface area contributed by atoms with E-state index >= 15 is 0 Å². The van der Waals surface area contributed by atoms with E-state index in [0.717, 1.165) is 37.6 Å². The zero-order valence-electron chi connectivity index (χ0n) is 15.3. The maximum atomic E-state index is 6.33. The van der Waals surface area contributed by atoms with E-state index in [4.69, 9.17) is 36.0 Å². The summed E-state index contributed by atoms with van der Waals surface area (Å²) in [6.07, 6.45) is 0. The van der Waals surface area contributed by atoms with Gasteiger partial charge in [0.1, 0.15) is 0 Å². The Morgan fingerprint density at radius 3 is 1.92 bits per heavy atom. The number of hydrogen-bond acceptors (Lipinski definition) is 2. The van der Waals surface area contributed by atoms with Crippen LogP contribution < -0.4 is 31.1 Å². The molecular weight excluding hydrogens is 376 g/mol. The van der Waals surface area contributed by atoms with Crippen LogP contribution in [0, 0.1) is 0 Å². The van der Waals surface area contributed by atoms with E-state index < -0.39 is 0 Å². The zero-order valence-corrected chi connectivity index (χ0v) is 17.6. The van der Waals surface area contributed by atoms with Gasteiger partial charge in [0.05, 0.1) is 65.1 Å². The van der Waals surface area contributed by atoms with Gasteiger partial charge >= 0.3 is 0 Å². The van der Waals surface area contributed by atoms with Crippen LogP contribution in [0.2, 0.25) is 5.02 Å². The highest BCUT2D eigenvalue weighted by Crippen LogP contribution is 2.25. The van der Waals surface area contributed by atoms with Gasteiger partial charge in [0.25, 0.3) is 0 Å². The number of halogens is 1. The molecule has 25 heavy (non-hydrogen) atoms. The first-order chi connectivity index (χ1) is 11.8. The molecule has 0 radical (unpaired) electrons. The van der Waals surface area contributed by atoms with Crippen LogP contribution in [0.4, 0.5) is 11.4 Å². The lowest BCUT2D eigenvalue weighted by Crippen LogP contribution is -3.06. The Morgan fingerprint density at radius 1 is 0.920 bits per heavy atom. The van der Waals surface area contributed by atoms with Gasteiger partial charge in [-0.3, -0.25) is 0 Å². The first kappa shape index (κ1) is 21.9. The van der Waals surface area contributed by atoms with Crippen molar-refractivity contribution < 1.29 is 9.80 Å². The van der Waals surface area contributed by atoms with Gasteiger partial charge in [-0.15, -0.1) is 0 Å². The van der Waals surface area contributed by atoms with E-state index in [1.165, 1.54) is 9.80 Å². The highest BCUT2D eigenvalue weighted by molar-refractivity contribution is 7.80. The second-order valence-electron chi connectivity index (χ2n) is 6.37. The van der Waals surface area contributed by atoms with Crippen molar-refractivity contribution >= 4 is 57.6 Å². The summed E-state index contributed by atoms with van der Waals surface area (Å²) in [5.74, 6) is 0. The van der Waals surface area contributed by atoms with Crippen molar-refractivity contribution in [2.24, 2.45) is 0 Å². The lowest BCUT2D eigenvalue weighted by molar-refractivity contribution is -0.856. The second-order valence-corrected chi connectivity index (χ2v) is 7.59. The van der Waals surface area contributed by atoms with Gasteiger partial charge in [-0.1, -0.05) is 11.6 Å². The molecule has 6 N–H and O–H groups in total. The minimum absolute atomic E-state index is 0.562. The predicted molar refractivity (Wildman–Crippen MR) is 115 cm³/mol. The molecule has 0 fully saturated rings. The molecule has 0 amide bonds. The first-order valence-electron chi connectivity index (χ1n) is 8.25. The standard InChI is InChI=1S/C16H27ClN6S2/c1-22(2)9-7-18-15(24)20-12-5-6-14(13(17)11-12)21-16(25)19-8-10-23(3)4/h5-6,11H,7-10H2,1-4H3,(H2,18,20,24)(H2,19,21,25)/p+2. The topological polar surface area (TPSA) is 57.0 Å².